The van der Waals surface area contributed by atoms with E-state index in [-0.39, 0.29) is 11.9 Å². The van der Waals surface area contributed by atoms with Crippen molar-refractivity contribution in [1.29, 1.82) is 0 Å². The molecule has 0 unspecified atom stereocenters. The van der Waals surface area contributed by atoms with Gasteiger partial charge in [0.25, 0.3) is 0 Å². The minimum Gasteiger partial charge on any atom is -0.374 e. The Hall–Kier alpha value is -3.18. The summed E-state index contributed by atoms with van der Waals surface area (Å²) in [7, 11) is 0. The Morgan fingerprint density at radius 2 is 1.75 bits per heavy atom. The van der Waals surface area contributed by atoms with Gasteiger partial charge in [0, 0.05) is 16.9 Å². The highest BCUT2D eigenvalue weighted by atomic mass is 32.1. The van der Waals surface area contributed by atoms with Crippen LogP contribution in [-0.2, 0) is 4.79 Å². The molecule has 4 aromatic rings. The number of carbonyl (C=O) groups excluding carboxylic acids is 1. The number of hydrogen-bond acceptors (Lipinski definition) is 4. The minimum atomic E-state index is -0.379. The van der Waals surface area contributed by atoms with Crippen LogP contribution in [-0.4, -0.2) is 16.9 Å². The smallest absolute Gasteiger partial charge is 0.246 e. The fraction of sp³-hybridized carbons (Fsp3) is 0.130. The number of benzene rings is 3. The van der Waals surface area contributed by atoms with Crippen molar-refractivity contribution in [2.24, 2.45) is 0 Å². The lowest BCUT2D eigenvalue weighted by Crippen LogP contribution is -2.32. The molecule has 1 aromatic heterocycles. The highest BCUT2D eigenvalue weighted by Gasteiger charge is 2.15. The molecule has 2 N–H and O–H groups in total. The number of amides is 1. The number of aromatic nitrogens is 1. The summed E-state index contributed by atoms with van der Waals surface area (Å²) in [5.74, 6) is -0.0797. The summed E-state index contributed by atoms with van der Waals surface area (Å²) in [6, 6.07) is 23.5. The molecule has 4 rings (SSSR count). The Morgan fingerprint density at radius 3 is 2.57 bits per heavy atom. The summed E-state index contributed by atoms with van der Waals surface area (Å²) in [6.07, 6.45) is 0. The maximum atomic E-state index is 12.8. The van der Waals surface area contributed by atoms with Gasteiger partial charge in [-0.2, -0.15) is 0 Å². The molecule has 1 atom stereocenters. The molecule has 5 heteroatoms. The van der Waals surface area contributed by atoms with Crippen molar-refractivity contribution >= 4 is 38.8 Å². The van der Waals surface area contributed by atoms with Crippen molar-refractivity contribution in [2.75, 3.05) is 10.6 Å². The molecule has 0 aliphatic rings. The van der Waals surface area contributed by atoms with Crippen LogP contribution in [0.4, 0.5) is 11.4 Å². The second-order valence-electron chi connectivity index (χ2n) is 6.68. The van der Waals surface area contributed by atoms with E-state index in [4.69, 9.17) is 0 Å². The number of aryl methyl sites for hydroxylation is 1. The molecule has 4 nitrogen and oxygen atoms in total. The van der Waals surface area contributed by atoms with Crippen LogP contribution < -0.4 is 10.6 Å². The molecule has 1 heterocycles. The second-order valence-corrected chi connectivity index (χ2v) is 7.92. The van der Waals surface area contributed by atoms with Crippen LogP contribution in [0.1, 0.15) is 11.9 Å². The van der Waals surface area contributed by atoms with Gasteiger partial charge in [-0.15, -0.1) is 11.3 Å². The van der Waals surface area contributed by atoms with Crippen molar-refractivity contribution in [2.45, 2.75) is 19.9 Å². The Morgan fingerprint density at radius 1 is 1.00 bits per heavy atom. The van der Waals surface area contributed by atoms with E-state index in [9.17, 15) is 4.79 Å². The summed E-state index contributed by atoms with van der Waals surface area (Å²) in [4.78, 5) is 17.3. The number of anilines is 2. The van der Waals surface area contributed by atoms with E-state index in [0.29, 0.717) is 0 Å². The van der Waals surface area contributed by atoms with Crippen LogP contribution in [0.3, 0.4) is 0 Å². The predicted octanol–water partition coefficient (Wildman–Crippen LogP) is 5.71. The number of nitrogens with one attached hydrogen (secondary N) is 2. The van der Waals surface area contributed by atoms with Crippen LogP contribution >= 0.6 is 11.3 Å². The van der Waals surface area contributed by atoms with Gasteiger partial charge in [-0.05, 0) is 43.7 Å². The molecule has 140 valence electrons. The molecule has 0 saturated carbocycles. The predicted molar refractivity (Wildman–Crippen MR) is 118 cm³/mol. The summed E-state index contributed by atoms with van der Waals surface area (Å²) < 4.78 is 1.12. The number of nitrogens with zero attached hydrogens (tertiary/aromatic N) is 1. The lowest BCUT2D eigenvalue weighted by Gasteiger charge is -2.17. The standard InChI is InChI=1S/C23H21N3OS/c1-15(24-18-12-13-21-22(14-18)28-16(2)25-21)23(27)26-20-11-7-6-10-19(20)17-8-4-3-5-9-17/h3-15,24H,1-2H3,(H,26,27)/t15-/m0/s1. The van der Waals surface area contributed by atoms with E-state index >= 15 is 0 Å². The third-order valence-electron chi connectivity index (χ3n) is 4.54. The van der Waals surface area contributed by atoms with E-state index in [1.807, 2.05) is 86.6 Å². The van der Waals surface area contributed by atoms with Gasteiger partial charge >= 0.3 is 0 Å². The molecule has 0 spiro atoms. The van der Waals surface area contributed by atoms with E-state index in [0.717, 1.165) is 37.7 Å². The van der Waals surface area contributed by atoms with Crippen molar-refractivity contribution < 1.29 is 4.79 Å². The highest BCUT2D eigenvalue weighted by molar-refractivity contribution is 7.18. The molecule has 0 saturated heterocycles. The van der Waals surface area contributed by atoms with Gasteiger partial charge in [0.2, 0.25) is 5.91 Å². The van der Waals surface area contributed by atoms with E-state index < -0.39 is 0 Å². The van der Waals surface area contributed by atoms with Crippen LogP contribution in [0.2, 0.25) is 0 Å². The van der Waals surface area contributed by atoms with Gasteiger partial charge in [0.1, 0.15) is 6.04 Å². The van der Waals surface area contributed by atoms with Crippen molar-refractivity contribution in [1.82, 2.24) is 4.98 Å². The zero-order chi connectivity index (χ0) is 19.5. The molecular weight excluding hydrogens is 366 g/mol. The van der Waals surface area contributed by atoms with E-state index in [1.165, 1.54) is 0 Å². The van der Waals surface area contributed by atoms with Gasteiger partial charge < -0.3 is 10.6 Å². The lowest BCUT2D eigenvalue weighted by atomic mass is 10.0. The first-order valence-electron chi connectivity index (χ1n) is 9.19. The quantitative estimate of drug-likeness (QED) is 0.461. The molecule has 1 amide bonds. The third kappa shape index (κ3) is 3.89. The second kappa shape index (κ2) is 7.82. The molecular formula is C23H21N3OS. The number of hydrogen-bond donors (Lipinski definition) is 2. The largest absolute Gasteiger partial charge is 0.374 e. The maximum absolute atomic E-state index is 12.8. The number of para-hydroxylation sites is 1. The Bertz CT molecular complexity index is 1120. The first-order valence-corrected chi connectivity index (χ1v) is 10.0. The van der Waals surface area contributed by atoms with Crippen LogP contribution in [0, 0.1) is 6.92 Å². The minimum absolute atomic E-state index is 0.0797. The van der Waals surface area contributed by atoms with Crippen molar-refractivity contribution in [3.05, 3.63) is 77.8 Å². The zero-order valence-corrected chi connectivity index (χ0v) is 16.6. The van der Waals surface area contributed by atoms with Gasteiger partial charge in [-0.25, -0.2) is 4.98 Å². The molecule has 0 aliphatic carbocycles. The number of carbonyl (C=O) groups is 1. The SMILES string of the molecule is Cc1nc2ccc(N[C@@H](C)C(=O)Nc3ccccc3-c3ccccc3)cc2s1. The van der Waals surface area contributed by atoms with E-state index in [2.05, 4.69) is 15.6 Å². The average Bonchev–Trinajstić information content (AvgIpc) is 3.08. The monoisotopic (exact) mass is 387 g/mol. The summed E-state index contributed by atoms with van der Waals surface area (Å²) >= 11 is 1.65. The van der Waals surface area contributed by atoms with Crippen LogP contribution in [0.15, 0.2) is 72.8 Å². The number of thiazole rings is 1. The Balaban J connectivity index is 1.50. The summed E-state index contributed by atoms with van der Waals surface area (Å²) in [5, 5.41) is 7.39. The van der Waals surface area contributed by atoms with Gasteiger partial charge in [-0.1, -0.05) is 48.5 Å². The molecule has 0 fully saturated rings. The molecule has 0 bridgehead atoms. The number of rotatable bonds is 5. The first-order chi connectivity index (χ1) is 13.6. The summed E-state index contributed by atoms with van der Waals surface area (Å²) in [6.45, 7) is 3.86. The van der Waals surface area contributed by atoms with E-state index in [1.54, 1.807) is 11.3 Å². The Kier molecular flexibility index (Phi) is 5.08. The average molecular weight is 388 g/mol. The first kappa shape index (κ1) is 18.2. The fourth-order valence-corrected chi connectivity index (χ4v) is 4.01. The van der Waals surface area contributed by atoms with Gasteiger partial charge in [0.15, 0.2) is 0 Å². The van der Waals surface area contributed by atoms with Crippen molar-refractivity contribution in [3.63, 3.8) is 0 Å². The van der Waals surface area contributed by atoms with Gasteiger partial charge in [-0.3, -0.25) is 4.79 Å². The highest BCUT2D eigenvalue weighted by Crippen LogP contribution is 2.28. The topological polar surface area (TPSA) is 54.0 Å². The maximum Gasteiger partial charge on any atom is 0.246 e. The molecule has 0 aliphatic heterocycles. The fourth-order valence-electron chi connectivity index (χ4n) is 3.15. The normalized spacial score (nSPS) is 11.9. The van der Waals surface area contributed by atoms with Crippen LogP contribution in [0.5, 0.6) is 0 Å². The third-order valence-corrected chi connectivity index (χ3v) is 5.48. The Labute approximate surface area is 168 Å². The number of fused-ring (bicyclic) bond motifs is 1. The zero-order valence-electron chi connectivity index (χ0n) is 15.8. The molecule has 3 aromatic carbocycles. The lowest BCUT2D eigenvalue weighted by molar-refractivity contribution is -0.116. The summed E-state index contributed by atoms with van der Waals surface area (Å²) in [5.41, 5.74) is 4.79. The van der Waals surface area contributed by atoms with Crippen molar-refractivity contribution in [3.8, 4) is 11.1 Å². The van der Waals surface area contributed by atoms with Crippen LogP contribution in [0.25, 0.3) is 21.3 Å². The molecule has 28 heavy (non-hydrogen) atoms. The molecule has 0 radical (unpaired) electrons. The van der Waals surface area contributed by atoms with Gasteiger partial charge in [0.05, 0.1) is 15.2 Å².